The van der Waals surface area contributed by atoms with Gasteiger partial charge in [-0.1, -0.05) is 11.6 Å². The van der Waals surface area contributed by atoms with Gasteiger partial charge in [0, 0.05) is 12.5 Å². The molecule has 13 heavy (non-hydrogen) atoms. The summed E-state index contributed by atoms with van der Waals surface area (Å²) in [4.78, 5) is 0. The van der Waals surface area contributed by atoms with E-state index in [-0.39, 0.29) is 0 Å². The van der Waals surface area contributed by atoms with E-state index >= 15 is 0 Å². The average molecular weight is 178 g/mol. The van der Waals surface area contributed by atoms with E-state index in [1.165, 1.54) is 10.9 Å². The molecule has 0 amide bonds. The molecule has 2 aromatic rings. The quantitative estimate of drug-likeness (QED) is 0.672. The number of aryl methyl sites for hydroxylation is 2. The fourth-order valence-electron chi connectivity index (χ4n) is 1.30. The molecule has 0 bridgehead atoms. The minimum absolute atomic E-state index is 0.977. The van der Waals surface area contributed by atoms with E-state index in [4.69, 9.17) is 9.52 Å². The van der Waals surface area contributed by atoms with E-state index in [9.17, 15) is 0 Å². The minimum Gasteiger partial charge on any atom is -0.461 e. The molecule has 0 aliphatic heterocycles. The second-order valence-corrected chi connectivity index (χ2v) is 2.90. The summed E-state index contributed by atoms with van der Waals surface area (Å²) in [5, 5.41) is 8.20. The van der Waals surface area contributed by atoms with Crippen molar-refractivity contribution < 1.29 is 9.52 Å². The lowest BCUT2D eigenvalue weighted by Crippen LogP contribution is -1.67. The SMILES string of the molecule is CO.Cc1ccc2oc(C)cc2c1. The Morgan fingerprint density at radius 3 is 2.46 bits per heavy atom. The maximum atomic E-state index is 7.00. The maximum absolute atomic E-state index is 7.00. The summed E-state index contributed by atoms with van der Waals surface area (Å²) in [5.74, 6) is 0.977. The fraction of sp³-hybridized carbons (Fsp3) is 0.273. The van der Waals surface area contributed by atoms with Crippen LogP contribution in [0.25, 0.3) is 11.0 Å². The Labute approximate surface area is 77.8 Å². The summed E-state index contributed by atoms with van der Waals surface area (Å²) in [5.41, 5.74) is 2.26. The largest absolute Gasteiger partial charge is 0.461 e. The summed E-state index contributed by atoms with van der Waals surface area (Å²) in [6.07, 6.45) is 0. The number of hydrogen-bond acceptors (Lipinski definition) is 2. The lowest BCUT2D eigenvalue weighted by Gasteiger charge is -1.89. The lowest BCUT2D eigenvalue weighted by molar-refractivity contribution is 0.399. The van der Waals surface area contributed by atoms with Gasteiger partial charge in [-0.2, -0.15) is 0 Å². The second kappa shape index (κ2) is 4.10. The highest BCUT2D eigenvalue weighted by atomic mass is 16.3. The highest BCUT2D eigenvalue weighted by molar-refractivity contribution is 5.78. The molecule has 0 aliphatic carbocycles. The van der Waals surface area contributed by atoms with Crippen LogP contribution in [0.5, 0.6) is 0 Å². The van der Waals surface area contributed by atoms with Crippen LogP contribution in [0.1, 0.15) is 11.3 Å². The zero-order valence-corrected chi connectivity index (χ0v) is 8.16. The molecular formula is C11H14O2. The van der Waals surface area contributed by atoms with Gasteiger partial charge in [0.15, 0.2) is 0 Å². The third-order valence-electron chi connectivity index (χ3n) is 1.80. The Hall–Kier alpha value is -1.28. The van der Waals surface area contributed by atoms with E-state index in [0.29, 0.717) is 0 Å². The number of furan rings is 1. The molecule has 0 fully saturated rings. The molecule has 2 heteroatoms. The molecule has 0 radical (unpaired) electrons. The van der Waals surface area contributed by atoms with Gasteiger partial charge in [-0.25, -0.2) is 0 Å². The predicted octanol–water partition coefficient (Wildman–Crippen LogP) is 2.66. The number of hydrogen-bond donors (Lipinski definition) is 1. The number of benzene rings is 1. The van der Waals surface area contributed by atoms with Crippen LogP contribution in [0, 0.1) is 13.8 Å². The van der Waals surface area contributed by atoms with Crippen LogP contribution in [0.15, 0.2) is 28.7 Å². The molecule has 2 rings (SSSR count). The maximum Gasteiger partial charge on any atom is 0.134 e. The summed E-state index contributed by atoms with van der Waals surface area (Å²) in [6.45, 7) is 4.05. The summed E-state index contributed by atoms with van der Waals surface area (Å²) in [6, 6.07) is 8.26. The Kier molecular flexibility index (Phi) is 3.09. The Morgan fingerprint density at radius 1 is 1.08 bits per heavy atom. The van der Waals surface area contributed by atoms with Crippen LogP contribution in [-0.4, -0.2) is 12.2 Å². The Morgan fingerprint density at radius 2 is 1.77 bits per heavy atom. The first-order chi connectivity index (χ1) is 6.25. The molecule has 0 atom stereocenters. The standard InChI is InChI=1S/C10H10O.CH4O/c1-7-3-4-10-9(5-7)6-8(2)11-10;1-2/h3-6H,1-2H3;2H,1H3. The van der Waals surface area contributed by atoms with Crippen molar-refractivity contribution >= 4 is 11.0 Å². The smallest absolute Gasteiger partial charge is 0.134 e. The van der Waals surface area contributed by atoms with Gasteiger partial charge in [-0.05, 0) is 32.0 Å². The van der Waals surface area contributed by atoms with Crippen molar-refractivity contribution in [2.45, 2.75) is 13.8 Å². The Bertz CT molecular complexity index is 388. The van der Waals surface area contributed by atoms with Gasteiger partial charge in [-0.15, -0.1) is 0 Å². The number of aliphatic hydroxyl groups is 1. The van der Waals surface area contributed by atoms with Crippen LogP contribution < -0.4 is 0 Å². The third kappa shape index (κ3) is 2.10. The predicted molar refractivity (Wildman–Crippen MR) is 53.8 cm³/mol. The van der Waals surface area contributed by atoms with Crippen LogP contribution in [0.4, 0.5) is 0 Å². The van der Waals surface area contributed by atoms with Gasteiger partial charge >= 0.3 is 0 Å². The molecule has 1 aromatic carbocycles. The van der Waals surface area contributed by atoms with Crippen molar-refractivity contribution in [1.82, 2.24) is 0 Å². The van der Waals surface area contributed by atoms with Crippen LogP contribution in [0.3, 0.4) is 0 Å². The van der Waals surface area contributed by atoms with Crippen molar-refractivity contribution in [3.8, 4) is 0 Å². The molecular weight excluding hydrogens is 164 g/mol. The molecule has 0 spiro atoms. The molecule has 1 N–H and O–H groups in total. The monoisotopic (exact) mass is 178 g/mol. The van der Waals surface area contributed by atoms with E-state index in [2.05, 4.69) is 25.1 Å². The average Bonchev–Trinajstić information content (AvgIpc) is 2.48. The van der Waals surface area contributed by atoms with Crippen LogP contribution >= 0.6 is 0 Å². The van der Waals surface area contributed by atoms with E-state index in [0.717, 1.165) is 18.5 Å². The van der Waals surface area contributed by atoms with Gasteiger partial charge in [-0.3, -0.25) is 0 Å². The summed E-state index contributed by atoms with van der Waals surface area (Å²) >= 11 is 0. The molecule has 1 aromatic heterocycles. The van der Waals surface area contributed by atoms with Crippen molar-refractivity contribution in [3.63, 3.8) is 0 Å². The van der Waals surface area contributed by atoms with E-state index in [1.807, 2.05) is 13.0 Å². The molecule has 70 valence electrons. The van der Waals surface area contributed by atoms with Crippen molar-refractivity contribution in [1.29, 1.82) is 0 Å². The van der Waals surface area contributed by atoms with E-state index in [1.54, 1.807) is 0 Å². The number of fused-ring (bicyclic) bond motifs is 1. The van der Waals surface area contributed by atoms with Crippen molar-refractivity contribution in [2.24, 2.45) is 0 Å². The van der Waals surface area contributed by atoms with Gasteiger partial charge in [0.05, 0.1) is 0 Å². The zero-order chi connectivity index (χ0) is 9.84. The lowest BCUT2D eigenvalue weighted by atomic mass is 10.2. The normalized spacial score (nSPS) is 9.54. The molecule has 0 unspecified atom stereocenters. The molecule has 0 saturated carbocycles. The highest BCUT2D eigenvalue weighted by Crippen LogP contribution is 2.19. The summed E-state index contributed by atoms with van der Waals surface area (Å²) < 4.78 is 5.42. The van der Waals surface area contributed by atoms with Crippen LogP contribution in [-0.2, 0) is 0 Å². The van der Waals surface area contributed by atoms with Gasteiger partial charge in [0.25, 0.3) is 0 Å². The first kappa shape index (κ1) is 9.81. The minimum atomic E-state index is 0.977. The van der Waals surface area contributed by atoms with Gasteiger partial charge < -0.3 is 9.52 Å². The topological polar surface area (TPSA) is 33.4 Å². The fourth-order valence-corrected chi connectivity index (χ4v) is 1.30. The molecule has 2 nitrogen and oxygen atoms in total. The van der Waals surface area contributed by atoms with Crippen molar-refractivity contribution in [3.05, 3.63) is 35.6 Å². The van der Waals surface area contributed by atoms with E-state index < -0.39 is 0 Å². The van der Waals surface area contributed by atoms with Crippen LogP contribution in [0.2, 0.25) is 0 Å². The summed E-state index contributed by atoms with van der Waals surface area (Å²) in [7, 11) is 1.00. The molecule has 0 aliphatic rings. The van der Waals surface area contributed by atoms with Crippen molar-refractivity contribution in [2.75, 3.05) is 7.11 Å². The van der Waals surface area contributed by atoms with Gasteiger partial charge in [0.2, 0.25) is 0 Å². The first-order valence-corrected chi connectivity index (χ1v) is 4.17. The van der Waals surface area contributed by atoms with Gasteiger partial charge in [0.1, 0.15) is 11.3 Å². The molecule has 0 saturated heterocycles. The Balaban J connectivity index is 0.000000396. The molecule has 1 heterocycles. The second-order valence-electron chi connectivity index (χ2n) is 2.90. The first-order valence-electron chi connectivity index (χ1n) is 4.17. The number of aliphatic hydroxyl groups excluding tert-OH is 1. The zero-order valence-electron chi connectivity index (χ0n) is 8.16. The highest BCUT2D eigenvalue weighted by Gasteiger charge is 1.97. The third-order valence-corrected chi connectivity index (χ3v) is 1.80. The number of rotatable bonds is 0.